The number of hydrogen-bond acceptors (Lipinski definition) is 2. The number of benzene rings is 1. The summed E-state index contributed by atoms with van der Waals surface area (Å²) in [4.78, 5) is 0. The van der Waals surface area contributed by atoms with E-state index in [4.69, 9.17) is 16.3 Å². The van der Waals surface area contributed by atoms with E-state index < -0.39 is 0 Å². The van der Waals surface area contributed by atoms with Crippen LogP contribution in [0.15, 0.2) is 24.3 Å². The van der Waals surface area contributed by atoms with E-state index in [2.05, 4.69) is 5.32 Å². The van der Waals surface area contributed by atoms with Gasteiger partial charge in [0, 0.05) is 11.1 Å². The Hall–Kier alpha value is -0.570. The maximum atomic E-state index is 6.05. The number of nitrogens with one attached hydrogen (secondary N) is 1. The third-order valence-corrected chi connectivity index (χ3v) is 3.32. The molecular weight excluding hydrogens is 222 g/mol. The Bertz CT molecular complexity index is 323. The van der Waals surface area contributed by atoms with Gasteiger partial charge in [-0.3, -0.25) is 0 Å². The van der Waals surface area contributed by atoms with Crippen molar-refractivity contribution in [1.82, 2.24) is 5.32 Å². The molecule has 1 fully saturated rings. The molecule has 2 rings (SSSR count). The maximum absolute atomic E-state index is 6.05. The smallest absolute Gasteiger partial charge is 0.0732 e. The third kappa shape index (κ3) is 3.48. The molecule has 1 aromatic rings. The molecule has 2 nitrogen and oxygen atoms in total. The van der Waals surface area contributed by atoms with Gasteiger partial charge in [0.15, 0.2) is 0 Å². The molecule has 0 radical (unpaired) electrons. The fourth-order valence-corrected chi connectivity index (χ4v) is 2.18. The van der Waals surface area contributed by atoms with Crippen molar-refractivity contribution in [3.05, 3.63) is 34.9 Å². The van der Waals surface area contributed by atoms with E-state index in [1.54, 1.807) is 0 Å². The van der Waals surface area contributed by atoms with Crippen LogP contribution in [0.4, 0.5) is 0 Å². The number of halogens is 1. The summed E-state index contributed by atoms with van der Waals surface area (Å²) in [6.45, 7) is 2.52. The summed E-state index contributed by atoms with van der Waals surface area (Å²) in [6.07, 6.45) is 3.83. The van der Waals surface area contributed by atoms with E-state index in [-0.39, 0.29) is 0 Å². The molecule has 1 aliphatic rings. The third-order valence-electron chi connectivity index (χ3n) is 2.95. The van der Waals surface area contributed by atoms with Crippen LogP contribution >= 0.6 is 11.6 Å². The van der Waals surface area contributed by atoms with Crippen LogP contribution in [0.5, 0.6) is 0 Å². The largest absolute Gasteiger partial charge is 0.375 e. The van der Waals surface area contributed by atoms with Gasteiger partial charge in [0.25, 0.3) is 0 Å². The first-order valence-electron chi connectivity index (χ1n) is 5.91. The van der Waals surface area contributed by atoms with Crippen molar-refractivity contribution in [2.45, 2.75) is 31.9 Å². The minimum Gasteiger partial charge on any atom is -0.375 e. The van der Waals surface area contributed by atoms with Crippen molar-refractivity contribution in [1.29, 1.82) is 0 Å². The van der Waals surface area contributed by atoms with Crippen molar-refractivity contribution in [2.24, 2.45) is 0 Å². The van der Waals surface area contributed by atoms with Gasteiger partial charge in [0.2, 0.25) is 0 Å². The van der Waals surface area contributed by atoms with Crippen molar-refractivity contribution in [3.8, 4) is 0 Å². The van der Waals surface area contributed by atoms with Gasteiger partial charge < -0.3 is 10.1 Å². The Balaban J connectivity index is 1.73. The first-order valence-corrected chi connectivity index (χ1v) is 6.28. The topological polar surface area (TPSA) is 21.3 Å². The summed E-state index contributed by atoms with van der Waals surface area (Å²) in [5.41, 5.74) is 1.07. The lowest BCUT2D eigenvalue weighted by Gasteiger charge is -2.23. The van der Waals surface area contributed by atoms with Crippen LogP contribution in [0.3, 0.4) is 0 Å². The summed E-state index contributed by atoms with van der Waals surface area (Å²) < 4.78 is 5.69. The van der Waals surface area contributed by atoms with Crippen molar-refractivity contribution < 1.29 is 4.74 Å². The van der Waals surface area contributed by atoms with Gasteiger partial charge in [0.05, 0.1) is 13.2 Å². The van der Waals surface area contributed by atoms with Gasteiger partial charge in [0.1, 0.15) is 0 Å². The molecule has 0 bridgehead atoms. The second kappa shape index (κ2) is 6.24. The molecule has 1 aliphatic heterocycles. The zero-order chi connectivity index (χ0) is 11.2. The van der Waals surface area contributed by atoms with Crippen LogP contribution in [0.1, 0.15) is 24.8 Å². The molecule has 0 amide bonds. The molecular formula is C13H18ClNO. The van der Waals surface area contributed by atoms with Gasteiger partial charge in [-0.15, -0.1) is 0 Å². The zero-order valence-corrected chi connectivity index (χ0v) is 10.2. The van der Waals surface area contributed by atoms with E-state index in [0.717, 1.165) is 23.7 Å². The fourth-order valence-electron chi connectivity index (χ4n) is 1.99. The molecule has 0 aliphatic carbocycles. The van der Waals surface area contributed by atoms with E-state index in [1.807, 2.05) is 24.3 Å². The molecule has 1 aromatic carbocycles. The molecule has 1 N–H and O–H groups in total. The Kier molecular flexibility index (Phi) is 4.64. The molecule has 88 valence electrons. The van der Waals surface area contributed by atoms with Crippen LogP contribution in [-0.4, -0.2) is 19.2 Å². The lowest BCUT2D eigenvalue weighted by Crippen LogP contribution is -2.37. The minimum absolute atomic E-state index is 0.524. The van der Waals surface area contributed by atoms with Crippen molar-refractivity contribution >= 4 is 11.6 Å². The van der Waals surface area contributed by atoms with Crippen LogP contribution in [0.25, 0.3) is 0 Å². The van der Waals surface area contributed by atoms with E-state index in [0.29, 0.717) is 12.6 Å². The Morgan fingerprint density at radius 2 is 2.19 bits per heavy atom. The van der Waals surface area contributed by atoms with Crippen molar-refractivity contribution in [3.63, 3.8) is 0 Å². The fraction of sp³-hybridized carbons (Fsp3) is 0.538. The Morgan fingerprint density at radius 1 is 1.31 bits per heavy atom. The molecule has 16 heavy (non-hydrogen) atoms. The Labute approximate surface area is 102 Å². The molecule has 1 heterocycles. The SMILES string of the molecule is Clc1ccccc1COC[C@H]1CCCCN1. The average molecular weight is 240 g/mol. The summed E-state index contributed by atoms with van der Waals surface area (Å²) in [6, 6.07) is 8.37. The average Bonchev–Trinajstić information content (AvgIpc) is 2.33. The van der Waals surface area contributed by atoms with Crippen LogP contribution in [0.2, 0.25) is 5.02 Å². The van der Waals surface area contributed by atoms with Gasteiger partial charge >= 0.3 is 0 Å². The summed E-state index contributed by atoms with van der Waals surface area (Å²) in [5.74, 6) is 0. The maximum Gasteiger partial charge on any atom is 0.0732 e. The van der Waals surface area contributed by atoms with Gasteiger partial charge in [-0.05, 0) is 31.0 Å². The van der Waals surface area contributed by atoms with Crippen LogP contribution < -0.4 is 5.32 Å². The first kappa shape index (κ1) is 11.9. The standard InChI is InChI=1S/C13H18ClNO/c14-13-7-2-1-5-11(13)9-16-10-12-6-3-4-8-15-12/h1-2,5,7,12,15H,3-4,6,8-10H2/t12-/m1/s1. The molecule has 3 heteroatoms. The number of rotatable bonds is 4. The second-order valence-corrected chi connectivity index (χ2v) is 4.66. The van der Waals surface area contributed by atoms with Crippen LogP contribution in [-0.2, 0) is 11.3 Å². The summed E-state index contributed by atoms with van der Waals surface area (Å²) in [7, 11) is 0. The van der Waals surface area contributed by atoms with E-state index >= 15 is 0 Å². The number of hydrogen-bond donors (Lipinski definition) is 1. The number of piperidine rings is 1. The zero-order valence-electron chi connectivity index (χ0n) is 9.42. The van der Waals surface area contributed by atoms with E-state index in [1.165, 1.54) is 19.3 Å². The Morgan fingerprint density at radius 3 is 2.94 bits per heavy atom. The van der Waals surface area contributed by atoms with E-state index in [9.17, 15) is 0 Å². The summed E-state index contributed by atoms with van der Waals surface area (Å²) >= 11 is 6.05. The normalized spacial score (nSPS) is 20.9. The van der Waals surface area contributed by atoms with Gasteiger partial charge in [-0.25, -0.2) is 0 Å². The minimum atomic E-state index is 0.524. The number of ether oxygens (including phenoxy) is 1. The molecule has 0 aromatic heterocycles. The van der Waals surface area contributed by atoms with Crippen LogP contribution in [0, 0.1) is 0 Å². The quantitative estimate of drug-likeness (QED) is 0.872. The molecule has 0 saturated carbocycles. The molecule has 1 saturated heterocycles. The van der Waals surface area contributed by atoms with Crippen molar-refractivity contribution in [2.75, 3.05) is 13.2 Å². The summed E-state index contributed by atoms with van der Waals surface area (Å²) in [5, 5.41) is 4.25. The van der Waals surface area contributed by atoms with Gasteiger partial charge in [-0.1, -0.05) is 36.2 Å². The molecule has 1 atom stereocenters. The predicted molar refractivity (Wildman–Crippen MR) is 66.7 cm³/mol. The highest BCUT2D eigenvalue weighted by Crippen LogP contribution is 2.16. The molecule has 0 spiro atoms. The highest BCUT2D eigenvalue weighted by molar-refractivity contribution is 6.31. The lowest BCUT2D eigenvalue weighted by atomic mass is 10.1. The highest BCUT2D eigenvalue weighted by atomic mass is 35.5. The lowest BCUT2D eigenvalue weighted by molar-refractivity contribution is 0.0912. The first-order chi connectivity index (χ1) is 7.86. The van der Waals surface area contributed by atoms with Gasteiger partial charge in [-0.2, -0.15) is 0 Å². The highest BCUT2D eigenvalue weighted by Gasteiger charge is 2.12. The predicted octanol–water partition coefficient (Wildman–Crippen LogP) is 3.00. The molecule has 0 unspecified atom stereocenters. The second-order valence-electron chi connectivity index (χ2n) is 4.25. The monoisotopic (exact) mass is 239 g/mol.